The number of likely N-dealkylation sites (tertiary alicyclic amines) is 2. The Labute approximate surface area is 172 Å². The van der Waals surface area contributed by atoms with Crippen LogP contribution in [0.3, 0.4) is 0 Å². The van der Waals surface area contributed by atoms with Crippen LogP contribution in [-0.2, 0) is 27.1 Å². The number of piperidine rings is 1. The van der Waals surface area contributed by atoms with Gasteiger partial charge in [0.2, 0.25) is 0 Å². The summed E-state index contributed by atoms with van der Waals surface area (Å²) in [4.78, 5) is 27.7. The number of urea groups is 1. The number of halogens is 3. The number of alkyl halides is 3. The van der Waals surface area contributed by atoms with E-state index in [4.69, 9.17) is 9.47 Å². The van der Waals surface area contributed by atoms with Crippen LogP contribution in [0, 0.1) is 12.8 Å². The smallest absolute Gasteiger partial charge is 0.370 e. The zero-order valence-corrected chi connectivity index (χ0v) is 16.8. The van der Waals surface area contributed by atoms with E-state index in [9.17, 15) is 22.8 Å². The van der Waals surface area contributed by atoms with Gasteiger partial charge in [-0.2, -0.15) is 13.2 Å². The monoisotopic (exact) mass is 426 g/mol. The molecule has 3 fully saturated rings. The lowest BCUT2D eigenvalue weighted by atomic mass is 9.88. The first-order valence-corrected chi connectivity index (χ1v) is 10.2. The molecule has 3 heterocycles. The first-order valence-electron chi connectivity index (χ1n) is 10.2. The molecule has 164 valence electrons. The van der Waals surface area contributed by atoms with Crippen molar-refractivity contribution in [1.82, 2.24) is 9.80 Å². The number of Topliss-reactive ketones (excluding diaryl/α,β-unsaturated/α-hetero) is 1. The molecule has 0 bridgehead atoms. The van der Waals surface area contributed by atoms with Gasteiger partial charge in [-0.3, -0.25) is 4.79 Å². The van der Waals surface area contributed by atoms with E-state index in [0.717, 1.165) is 12.5 Å². The fourth-order valence-corrected chi connectivity index (χ4v) is 4.33. The summed E-state index contributed by atoms with van der Waals surface area (Å²) in [5.41, 5.74) is -0.00941. The molecule has 0 unspecified atom stereocenters. The third-order valence-electron chi connectivity index (χ3n) is 6.09. The summed E-state index contributed by atoms with van der Waals surface area (Å²) >= 11 is 0. The number of benzene rings is 1. The lowest BCUT2D eigenvalue weighted by molar-refractivity contribution is -0.140. The Morgan fingerprint density at radius 2 is 2.00 bits per heavy atom. The number of carbonyl (C=O) groups is 2. The lowest BCUT2D eigenvalue weighted by Crippen LogP contribution is -2.61. The summed E-state index contributed by atoms with van der Waals surface area (Å²) in [6.07, 6.45) is -3.35. The molecular weight excluding hydrogens is 401 g/mol. The average Bonchev–Trinajstić information content (AvgIpc) is 2.66. The van der Waals surface area contributed by atoms with Gasteiger partial charge in [-0.05, 0) is 30.5 Å². The van der Waals surface area contributed by atoms with E-state index in [1.165, 1.54) is 13.0 Å². The van der Waals surface area contributed by atoms with Crippen molar-refractivity contribution in [2.24, 2.45) is 5.92 Å². The summed E-state index contributed by atoms with van der Waals surface area (Å²) in [5.74, 6) is 0.134. The zero-order chi connectivity index (χ0) is 21.5. The van der Waals surface area contributed by atoms with Crippen molar-refractivity contribution < 1.29 is 32.2 Å². The van der Waals surface area contributed by atoms with Crippen molar-refractivity contribution >= 4 is 11.8 Å². The second-order valence-electron chi connectivity index (χ2n) is 8.35. The molecule has 1 aromatic rings. The van der Waals surface area contributed by atoms with Crippen LogP contribution in [0.2, 0.25) is 0 Å². The van der Waals surface area contributed by atoms with Crippen LogP contribution in [0.4, 0.5) is 18.0 Å². The van der Waals surface area contributed by atoms with Crippen molar-refractivity contribution in [3.63, 3.8) is 0 Å². The minimum absolute atomic E-state index is 0.0512. The molecule has 1 aromatic carbocycles. The predicted octanol–water partition coefficient (Wildman–Crippen LogP) is 3.01. The van der Waals surface area contributed by atoms with Crippen LogP contribution in [0.25, 0.3) is 0 Å². The first-order chi connectivity index (χ1) is 14.2. The molecule has 2 atom stereocenters. The Kier molecular flexibility index (Phi) is 5.76. The van der Waals surface area contributed by atoms with E-state index in [1.54, 1.807) is 15.9 Å². The Hall–Kier alpha value is -2.13. The number of aryl methyl sites for hydroxylation is 1. The van der Waals surface area contributed by atoms with E-state index in [0.29, 0.717) is 38.2 Å². The molecule has 0 saturated carbocycles. The molecule has 3 aliphatic rings. The normalized spacial score (nSPS) is 25.1. The van der Waals surface area contributed by atoms with Crippen LogP contribution in [0.5, 0.6) is 0 Å². The van der Waals surface area contributed by atoms with Gasteiger partial charge in [-0.1, -0.05) is 12.1 Å². The van der Waals surface area contributed by atoms with E-state index >= 15 is 0 Å². The number of rotatable bonds is 3. The van der Waals surface area contributed by atoms with Gasteiger partial charge in [-0.15, -0.1) is 0 Å². The molecule has 9 heteroatoms. The van der Waals surface area contributed by atoms with Crippen LogP contribution >= 0.6 is 0 Å². The number of ether oxygens (including phenoxy) is 2. The van der Waals surface area contributed by atoms with Crippen LogP contribution in [-0.4, -0.2) is 66.6 Å². The van der Waals surface area contributed by atoms with Gasteiger partial charge in [0, 0.05) is 25.4 Å². The Morgan fingerprint density at radius 3 is 2.73 bits per heavy atom. The number of carbonyl (C=O) groups excluding carboxylic acids is 2. The van der Waals surface area contributed by atoms with Gasteiger partial charge in [0.25, 0.3) is 0 Å². The largest absolute Gasteiger partial charge is 0.416 e. The third-order valence-corrected chi connectivity index (χ3v) is 6.09. The van der Waals surface area contributed by atoms with Gasteiger partial charge in [0.15, 0.2) is 5.78 Å². The van der Waals surface area contributed by atoms with Crippen molar-refractivity contribution in [2.45, 2.75) is 44.8 Å². The zero-order valence-electron chi connectivity index (χ0n) is 16.8. The van der Waals surface area contributed by atoms with E-state index < -0.39 is 11.7 Å². The number of fused-ring (bicyclic) bond motifs is 1. The molecule has 0 aliphatic carbocycles. The highest BCUT2D eigenvalue weighted by molar-refractivity contribution is 5.81. The summed E-state index contributed by atoms with van der Waals surface area (Å²) < 4.78 is 50.3. The second-order valence-corrected chi connectivity index (χ2v) is 8.35. The standard InChI is InChI=1S/C21H25F3N2O4/c1-13-2-3-14(6-18(13)21(22,23)24)11-29-17-9-26(10-17)20(28)25-5-4-19-15(8-25)7-16(27)12-30-19/h2-3,6,15,17,19H,4-5,7-12H2,1H3/t15-,19+/m1/s1. The second kappa shape index (κ2) is 8.19. The van der Waals surface area contributed by atoms with Gasteiger partial charge in [0.05, 0.1) is 37.5 Å². The minimum atomic E-state index is -4.39. The SMILES string of the molecule is Cc1ccc(COC2CN(C(=O)N3CC[C@@H]4OCC(=O)C[C@@H]4C3)C2)cc1C(F)(F)F. The van der Waals surface area contributed by atoms with Gasteiger partial charge >= 0.3 is 12.2 Å². The van der Waals surface area contributed by atoms with Crippen molar-refractivity contribution in [3.8, 4) is 0 Å². The first kappa shape index (κ1) is 21.1. The van der Waals surface area contributed by atoms with Crippen molar-refractivity contribution in [1.29, 1.82) is 0 Å². The summed E-state index contributed by atoms with van der Waals surface area (Å²) in [6, 6.07) is 4.11. The highest BCUT2D eigenvalue weighted by Gasteiger charge is 2.40. The van der Waals surface area contributed by atoms with E-state index in [2.05, 4.69) is 0 Å². The lowest BCUT2D eigenvalue weighted by Gasteiger charge is -2.45. The maximum absolute atomic E-state index is 13.0. The quantitative estimate of drug-likeness (QED) is 0.746. The van der Waals surface area contributed by atoms with Gasteiger partial charge < -0.3 is 19.3 Å². The van der Waals surface area contributed by atoms with Gasteiger partial charge in [-0.25, -0.2) is 4.79 Å². The molecule has 0 spiro atoms. The highest BCUT2D eigenvalue weighted by atomic mass is 19.4. The Balaban J connectivity index is 1.24. The fourth-order valence-electron chi connectivity index (χ4n) is 4.33. The summed E-state index contributed by atoms with van der Waals surface area (Å²) in [6.45, 7) is 3.62. The van der Waals surface area contributed by atoms with Crippen LogP contribution in [0.15, 0.2) is 18.2 Å². The van der Waals surface area contributed by atoms with Crippen molar-refractivity contribution in [3.05, 3.63) is 34.9 Å². The van der Waals surface area contributed by atoms with E-state index in [1.807, 2.05) is 0 Å². The molecule has 3 saturated heterocycles. The molecule has 3 aliphatic heterocycles. The average molecular weight is 426 g/mol. The topological polar surface area (TPSA) is 59.1 Å². The molecule has 6 nitrogen and oxygen atoms in total. The molecule has 4 rings (SSSR count). The molecule has 0 N–H and O–H groups in total. The Bertz CT molecular complexity index is 823. The molecular formula is C21H25F3N2O4. The summed E-state index contributed by atoms with van der Waals surface area (Å²) in [5, 5.41) is 0. The minimum Gasteiger partial charge on any atom is -0.370 e. The van der Waals surface area contributed by atoms with E-state index in [-0.39, 0.29) is 48.7 Å². The van der Waals surface area contributed by atoms with Gasteiger partial charge in [0.1, 0.15) is 6.61 Å². The predicted molar refractivity (Wildman–Crippen MR) is 101 cm³/mol. The molecule has 0 aromatic heterocycles. The highest BCUT2D eigenvalue weighted by Crippen LogP contribution is 2.33. The number of hydrogen-bond donors (Lipinski definition) is 0. The number of ketones is 1. The Morgan fingerprint density at radius 1 is 1.23 bits per heavy atom. The summed E-state index contributed by atoms with van der Waals surface area (Å²) in [7, 11) is 0. The molecule has 2 amide bonds. The molecule has 0 radical (unpaired) electrons. The van der Waals surface area contributed by atoms with Crippen LogP contribution < -0.4 is 0 Å². The number of nitrogens with zero attached hydrogens (tertiary/aromatic N) is 2. The fraction of sp³-hybridized carbons (Fsp3) is 0.619. The maximum Gasteiger partial charge on any atom is 0.416 e. The maximum atomic E-state index is 13.0. The number of amides is 2. The van der Waals surface area contributed by atoms with Crippen LogP contribution in [0.1, 0.15) is 29.5 Å². The molecule has 30 heavy (non-hydrogen) atoms. The number of hydrogen-bond acceptors (Lipinski definition) is 4. The third kappa shape index (κ3) is 4.46. The van der Waals surface area contributed by atoms with Crippen molar-refractivity contribution in [2.75, 3.05) is 32.8 Å².